The maximum atomic E-state index is 12.5. The fraction of sp³-hybridized carbons (Fsp3) is 0.556. The molecule has 1 amide bonds. The van der Waals surface area contributed by atoms with Crippen LogP contribution in [0.15, 0.2) is 30.5 Å². The third-order valence-corrected chi connectivity index (χ3v) is 12.3. The van der Waals surface area contributed by atoms with E-state index in [4.69, 9.17) is 14.1 Å². The standard InChI is InChI=1S/C27H40N6O3SSi/c1-26(2,3)36-25(34)33-13-11-19(16-33)29-21-14-18(17-35-38(7,8)27(4,5)6)15-22(31-21)32-24-30-20-10-9-12-28-23(20)37-24/h9-10,12,14-15,19H,11,13,16-17H2,1-8H3,(H2,29,30,31,32). The number of pyridine rings is 2. The first-order chi connectivity index (χ1) is 17.7. The van der Waals surface area contributed by atoms with Crippen LogP contribution in [0.3, 0.4) is 0 Å². The SMILES string of the molecule is CC(C)(C)OC(=O)N1CCC(Nc2cc(CO[Si](C)(C)C(C)(C)C)cc(Nc3nc4cccnc4s3)n2)C1. The average molecular weight is 557 g/mol. The third-order valence-electron chi connectivity index (χ3n) is 6.88. The second-order valence-corrected chi connectivity index (χ2v) is 18.1. The Bertz CT molecular complexity index is 1250. The minimum Gasteiger partial charge on any atom is -0.444 e. The van der Waals surface area contributed by atoms with Crippen LogP contribution in [0.1, 0.15) is 53.5 Å². The lowest BCUT2D eigenvalue weighted by Gasteiger charge is -2.36. The number of ether oxygens (including phenoxy) is 1. The maximum absolute atomic E-state index is 12.5. The lowest BCUT2D eigenvalue weighted by atomic mass is 10.2. The molecule has 0 spiro atoms. The molecule has 0 bridgehead atoms. The Kier molecular flexibility index (Phi) is 8.01. The zero-order valence-corrected chi connectivity index (χ0v) is 25.5. The lowest BCUT2D eigenvalue weighted by molar-refractivity contribution is 0.0293. The van der Waals surface area contributed by atoms with Crippen molar-refractivity contribution in [3.05, 3.63) is 36.0 Å². The number of thiazole rings is 1. The van der Waals surface area contributed by atoms with Gasteiger partial charge in [-0.05, 0) is 75.2 Å². The molecule has 0 radical (unpaired) electrons. The molecule has 38 heavy (non-hydrogen) atoms. The van der Waals surface area contributed by atoms with Crippen molar-refractivity contribution in [1.82, 2.24) is 19.9 Å². The van der Waals surface area contributed by atoms with Crippen LogP contribution in [0.4, 0.5) is 21.6 Å². The molecule has 11 heteroatoms. The Morgan fingerprint density at radius 3 is 2.58 bits per heavy atom. The second kappa shape index (κ2) is 10.8. The molecule has 1 saturated heterocycles. The number of likely N-dealkylation sites (tertiary alicyclic amines) is 1. The molecule has 1 fully saturated rings. The first-order valence-electron chi connectivity index (χ1n) is 13.1. The van der Waals surface area contributed by atoms with E-state index in [0.29, 0.717) is 25.5 Å². The number of rotatable bonds is 7. The number of carbonyl (C=O) groups is 1. The molecule has 0 aliphatic carbocycles. The molecular weight excluding hydrogens is 516 g/mol. The first-order valence-corrected chi connectivity index (χ1v) is 16.8. The van der Waals surface area contributed by atoms with Gasteiger partial charge in [0.05, 0.1) is 6.61 Å². The van der Waals surface area contributed by atoms with Crippen LogP contribution >= 0.6 is 11.3 Å². The topological polar surface area (TPSA) is 102 Å². The van der Waals surface area contributed by atoms with Crippen LogP contribution in [0.5, 0.6) is 0 Å². The molecule has 206 valence electrons. The Morgan fingerprint density at radius 1 is 1.16 bits per heavy atom. The maximum Gasteiger partial charge on any atom is 0.410 e. The fourth-order valence-corrected chi connectivity index (χ4v) is 5.58. The molecule has 1 unspecified atom stereocenters. The van der Waals surface area contributed by atoms with E-state index in [1.165, 1.54) is 11.3 Å². The zero-order valence-electron chi connectivity index (χ0n) is 23.7. The number of aromatic nitrogens is 3. The van der Waals surface area contributed by atoms with Crippen molar-refractivity contribution in [1.29, 1.82) is 0 Å². The summed E-state index contributed by atoms with van der Waals surface area (Å²) in [4.78, 5) is 29.0. The van der Waals surface area contributed by atoms with E-state index in [1.807, 2.05) is 45.0 Å². The summed E-state index contributed by atoms with van der Waals surface area (Å²) in [7, 11) is -1.93. The lowest BCUT2D eigenvalue weighted by Crippen LogP contribution is -2.40. The van der Waals surface area contributed by atoms with Gasteiger partial charge in [-0.2, -0.15) is 0 Å². The van der Waals surface area contributed by atoms with Crippen LogP contribution < -0.4 is 10.6 Å². The molecule has 3 aromatic heterocycles. The second-order valence-electron chi connectivity index (χ2n) is 12.3. The van der Waals surface area contributed by atoms with E-state index < -0.39 is 13.9 Å². The summed E-state index contributed by atoms with van der Waals surface area (Å²) >= 11 is 1.49. The van der Waals surface area contributed by atoms with Crippen molar-refractivity contribution >= 4 is 52.9 Å². The van der Waals surface area contributed by atoms with Crippen LogP contribution in [-0.2, 0) is 15.8 Å². The largest absolute Gasteiger partial charge is 0.444 e. The van der Waals surface area contributed by atoms with Crippen LogP contribution in [0, 0.1) is 0 Å². The molecule has 1 aliphatic rings. The van der Waals surface area contributed by atoms with Gasteiger partial charge >= 0.3 is 6.09 Å². The van der Waals surface area contributed by atoms with Crippen LogP contribution in [0.25, 0.3) is 10.3 Å². The number of hydrogen-bond acceptors (Lipinski definition) is 9. The molecule has 0 saturated carbocycles. The van der Waals surface area contributed by atoms with E-state index in [0.717, 1.165) is 33.3 Å². The van der Waals surface area contributed by atoms with Crippen molar-refractivity contribution < 1.29 is 14.0 Å². The summed E-state index contributed by atoms with van der Waals surface area (Å²) < 4.78 is 12.1. The Hall–Kier alpha value is -2.76. The highest BCUT2D eigenvalue weighted by Gasteiger charge is 2.37. The fourth-order valence-electron chi connectivity index (χ4n) is 3.80. The molecule has 3 aromatic rings. The predicted octanol–water partition coefficient (Wildman–Crippen LogP) is 6.77. The number of amides is 1. The van der Waals surface area contributed by atoms with Gasteiger partial charge in [0, 0.05) is 25.3 Å². The Balaban J connectivity index is 1.52. The smallest absolute Gasteiger partial charge is 0.410 e. The van der Waals surface area contributed by atoms with Gasteiger partial charge < -0.3 is 24.7 Å². The van der Waals surface area contributed by atoms with Crippen molar-refractivity contribution in [3.8, 4) is 0 Å². The van der Waals surface area contributed by atoms with Gasteiger partial charge in [0.25, 0.3) is 0 Å². The summed E-state index contributed by atoms with van der Waals surface area (Å²) in [5.41, 5.74) is 1.36. The summed E-state index contributed by atoms with van der Waals surface area (Å²) in [5.74, 6) is 1.42. The Morgan fingerprint density at radius 2 is 1.89 bits per heavy atom. The van der Waals surface area contributed by atoms with Gasteiger partial charge in [-0.3, -0.25) is 0 Å². The number of nitrogens with zero attached hydrogens (tertiary/aromatic N) is 4. The highest BCUT2D eigenvalue weighted by Crippen LogP contribution is 2.37. The van der Waals surface area contributed by atoms with E-state index >= 15 is 0 Å². The molecule has 9 nitrogen and oxygen atoms in total. The molecular formula is C27H40N6O3SSi. The summed E-state index contributed by atoms with van der Waals surface area (Å²) in [6, 6.07) is 7.96. The van der Waals surface area contributed by atoms with E-state index in [-0.39, 0.29) is 17.2 Å². The Labute approximate surface area is 230 Å². The predicted molar refractivity (Wildman–Crippen MR) is 157 cm³/mol. The van der Waals surface area contributed by atoms with Gasteiger partial charge in [-0.1, -0.05) is 32.1 Å². The van der Waals surface area contributed by atoms with Gasteiger partial charge in [-0.15, -0.1) is 0 Å². The highest BCUT2D eigenvalue weighted by atomic mass is 32.1. The van der Waals surface area contributed by atoms with E-state index in [2.05, 4.69) is 54.5 Å². The summed E-state index contributed by atoms with van der Waals surface area (Å²) in [5, 5.41) is 7.75. The number of nitrogens with one attached hydrogen (secondary N) is 2. The van der Waals surface area contributed by atoms with Gasteiger partial charge in [0.2, 0.25) is 0 Å². The minimum atomic E-state index is -1.93. The monoisotopic (exact) mass is 556 g/mol. The normalized spacial score (nSPS) is 16.6. The van der Waals surface area contributed by atoms with Gasteiger partial charge in [0.1, 0.15) is 27.6 Å². The first kappa shape index (κ1) is 28.3. The van der Waals surface area contributed by atoms with Crippen LogP contribution in [-0.4, -0.2) is 59.0 Å². The number of anilines is 3. The molecule has 1 aliphatic heterocycles. The van der Waals surface area contributed by atoms with Crippen LogP contribution in [0.2, 0.25) is 18.1 Å². The van der Waals surface area contributed by atoms with Crippen molar-refractivity contribution in [3.63, 3.8) is 0 Å². The van der Waals surface area contributed by atoms with Gasteiger partial charge in [0.15, 0.2) is 13.4 Å². The zero-order chi connectivity index (χ0) is 27.7. The third kappa shape index (κ3) is 7.21. The van der Waals surface area contributed by atoms with Gasteiger partial charge in [-0.25, -0.2) is 19.7 Å². The molecule has 4 heterocycles. The number of fused-ring (bicyclic) bond motifs is 1. The highest BCUT2D eigenvalue weighted by molar-refractivity contribution is 7.21. The van der Waals surface area contributed by atoms with E-state index in [1.54, 1.807) is 11.1 Å². The average Bonchev–Trinajstić information content (AvgIpc) is 3.42. The quantitative estimate of drug-likeness (QED) is 0.307. The minimum absolute atomic E-state index is 0.0751. The molecule has 1 atom stereocenters. The molecule has 2 N–H and O–H groups in total. The van der Waals surface area contributed by atoms with Crippen molar-refractivity contribution in [2.75, 3.05) is 23.7 Å². The summed E-state index contributed by atoms with van der Waals surface area (Å²) in [6.45, 7) is 18.6. The number of hydrogen-bond donors (Lipinski definition) is 2. The molecule has 0 aromatic carbocycles. The number of carbonyl (C=O) groups excluding carboxylic acids is 1. The van der Waals surface area contributed by atoms with Crippen molar-refractivity contribution in [2.45, 2.75) is 84.3 Å². The van der Waals surface area contributed by atoms with E-state index in [9.17, 15) is 4.79 Å². The van der Waals surface area contributed by atoms with Crippen molar-refractivity contribution in [2.24, 2.45) is 0 Å². The summed E-state index contributed by atoms with van der Waals surface area (Å²) in [6.07, 6.45) is 2.31. The molecule has 4 rings (SSSR count).